The van der Waals surface area contributed by atoms with Crippen molar-refractivity contribution in [2.75, 3.05) is 0 Å². The number of hydrogen-bond donors (Lipinski definition) is 2. The van der Waals surface area contributed by atoms with Gasteiger partial charge in [0.2, 0.25) is 10.0 Å². The van der Waals surface area contributed by atoms with E-state index in [4.69, 9.17) is 5.73 Å². The summed E-state index contributed by atoms with van der Waals surface area (Å²) in [6.07, 6.45) is 1.95. The molecule has 0 unspecified atom stereocenters. The Bertz CT molecular complexity index is 502. The number of benzene rings is 1. The molecule has 5 heteroatoms. The highest BCUT2D eigenvalue weighted by Gasteiger charge is 2.39. The summed E-state index contributed by atoms with van der Waals surface area (Å²) in [5, 5.41) is 0. The molecule has 4 nitrogen and oxygen atoms in total. The molecule has 17 heavy (non-hydrogen) atoms. The second kappa shape index (κ2) is 4.08. The molecule has 0 saturated heterocycles. The Labute approximate surface area is 102 Å². The van der Waals surface area contributed by atoms with Gasteiger partial charge in [0.05, 0.1) is 4.90 Å². The molecular formula is C12H18N2O2S. The molecule has 0 spiro atoms. The third-order valence-electron chi connectivity index (χ3n) is 2.92. The SMILES string of the molecule is CC(C)NS(=O)(=O)c1ccc(C2(N)CC2)cc1. The Balaban J connectivity index is 2.23. The number of sulfonamides is 1. The van der Waals surface area contributed by atoms with Crippen molar-refractivity contribution < 1.29 is 8.42 Å². The van der Waals surface area contributed by atoms with Gasteiger partial charge in [-0.15, -0.1) is 0 Å². The van der Waals surface area contributed by atoms with E-state index in [1.165, 1.54) is 0 Å². The Kier molecular flexibility index (Phi) is 3.01. The second-order valence-corrected chi connectivity index (χ2v) is 6.67. The van der Waals surface area contributed by atoms with Crippen LogP contribution in [0.1, 0.15) is 32.3 Å². The highest BCUT2D eigenvalue weighted by atomic mass is 32.2. The van der Waals surface area contributed by atoms with Gasteiger partial charge in [0.25, 0.3) is 0 Å². The van der Waals surface area contributed by atoms with Crippen LogP contribution in [0.2, 0.25) is 0 Å². The van der Waals surface area contributed by atoms with Gasteiger partial charge in [0.1, 0.15) is 0 Å². The summed E-state index contributed by atoms with van der Waals surface area (Å²) >= 11 is 0. The first-order chi connectivity index (χ1) is 7.83. The predicted octanol–water partition coefficient (Wildman–Crippen LogP) is 1.32. The molecular weight excluding hydrogens is 236 g/mol. The summed E-state index contributed by atoms with van der Waals surface area (Å²) in [6, 6.07) is 6.74. The van der Waals surface area contributed by atoms with Crippen LogP contribution in [0.25, 0.3) is 0 Å². The Morgan fingerprint density at radius 1 is 1.24 bits per heavy atom. The average molecular weight is 254 g/mol. The van der Waals surface area contributed by atoms with Crippen LogP contribution >= 0.6 is 0 Å². The van der Waals surface area contributed by atoms with Crippen LogP contribution < -0.4 is 10.5 Å². The van der Waals surface area contributed by atoms with Gasteiger partial charge in [0, 0.05) is 11.6 Å². The van der Waals surface area contributed by atoms with Gasteiger partial charge in [-0.3, -0.25) is 0 Å². The van der Waals surface area contributed by atoms with E-state index in [-0.39, 0.29) is 11.6 Å². The molecule has 0 atom stereocenters. The summed E-state index contributed by atoms with van der Waals surface area (Å²) in [5.74, 6) is 0. The largest absolute Gasteiger partial charge is 0.321 e. The average Bonchev–Trinajstić information content (AvgIpc) is 2.96. The minimum atomic E-state index is -3.39. The first kappa shape index (κ1) is 12.5. The molecule has 1 aromatic rings. The van der Waals surface area contributed by atoms with Gasteiger partial charge < -0.3 is 5.73 Å². The highest BCUT2D eigenvalue weighted by molar-refractivity contribution is 7.89. The van der Waals surface area contributed by atoms with Gasteiger partial charge in [0.15, 0.2) is 0 Å². The maximum Gasteiger partial charge on any atom is 0.240 e. The van der Waals surface area contributed by atoms with Crippen LogP contribution in [0.4, 0.5) is 0 Å². The fraction of sp³-hybridized carbons (Fsp3) is 0.500. The maximum atomic E-state index is 11.9. The van der Waals surface area contributed by atoms with E-state index in [1.54, 1.807) is 26.0 Å². The summed E-state index contributed by atoms with van der Waals surface area (Å²) in [6.45, 7) is 3.59. The molecule has 1 aliphatic carbocycles. The minimum absolute atomic E-state index is 0.107. The molecule has 94 valence electrons. The number of hydrogen-bond acceptors (Lipinski definition) is 3. The van der Waals surface area contributed by atoms with Crippen molar-refractivity contribution in [1.29, 1.82) is 0 Å². The van der Waals surface area contributed by atoms with Crippen molar-refractivity contribution in [2.24, 2.45) is 5.73 Å². The number of nitrogens with two attached hydrogens (primary N) is 1. The molecule has 1 aromatic carbocycles. The van der Waals surface area contributed by atoms with E-state index in [9.17, 15) is 8.42 Å². The Morgan fingerprint density at radius 3 is 2.18 bits per heavy atom. The van der Waals surface area contributed by atoms with Gasteiger partial charge in [-0.25, -0.2) is 13.1 Å². The molecule has 1 saturated carbocycles. The fourth-order valence-corrected chi connectivity index (χ4v) is 3.02. The summed E-state index contributed by atoms with van der Waals surface area (Å²) in [5.41, 5.74) is 6.84. The lowest BCUT2D eigenvalue weighted by Crippen LogP contribution is -2.30. The monoisotopic (exact) mass is 254 g/mol. The Hall–Kier alpha value is -0.910. The van der Waals surface area contributed by atoms with Gasteiger partial charge in [-0.05, 0) is 44.4 Å². The van der Waals surface area contributed by atoms with Crippen molar-refractivity contribution in [3.63, 3.8) is 0 Å². The molecule has 0 radical (unpaired) electrons. The van der Waals surface area contributed by atoms with E-state index in [0.717, 1.165) is 18.4 Å². The minimum Gasteiger partial charge on any atom is -0.321 e. The van der Waals surface area contributed by atoms with Crippen molar-refractivity contribution in [2.45, 2.75) is 43.2 Å². The smallest absolute Gasteiger partial charge is 0.240 e. The van der Waals surface area contributed by atoms with Crippen molar-refractivity contribution in [1.82, 2.24) is 4.72 Å². The fourth-order valence-electron chi connectivity index (χ4n) is 1.77. The van der Waals surface area contributed by atoms with Gasteiger partial charge in [-0.1, -0.05) is 12.1 Å². The van der Waals surface area contributed by atoms with Crippen LogP contribution in [0, 0.1) is 0 Å². The summed E-state index contributed by atoms with van der Waals surface area (Å²) in [4.78, 5) is 0.291. The molecule has 3 N–H and O–H groups in total. The normalized spacial score (nSPS) is 18.4. The van der Waals surface area contributed by atoms with Crippen LogP contribution in [0.3, 0.4) is 0 Å². The van der Waals surface area contributed by atoms with Gasteiger partial charge in [-0.2, -0.15) is 0 Å². The van der Waals surface area contributed by atoms with E-state index < -0.39 is 10.0 Å². The number of rotatable bonds is 4. The van der Waals surface area contributed by atoms with Crippen molar-refractivity contribution >= 4 is 10.0 Å². The first-order valence-electron chi connectivity index (χ1n) is 5.75. The molecule has 0 amide bonds. The topological polar surface area (TPSA) is 72.2 Å². The zero-order valence-electron chi connectivity index (χ0n) is 10.1. The first-order valence-corrected chi connectivity index (χ1v) is 7.24. The van der Waals surface area contributed by atoms with Crippen molar-refractivity contribution in [3.8, 4) is 0 Å². The summed E-state index contributed by atoms with van der Waals surface area (Å²) in [7, 11) is -3.39. The predicted molar refractivity (Wildman–Crippen MR) is 67.0 cm³/mol. The van der Waals surface area contributed by atoms with E-state index >= 15 is 0 Å². The zero-order valence-corrected chi connectivity index (χ0v) is 10.9. The third kappa shape index (κ3) is 2.68. The van der Waals surface area contributed by atoms with E-state index in [2.05, 4.69) is 4.72 Å². The second-order valence-electron chi connectivity index (χ2n) is 4.96. The van der Waals surface area contributed by atoms with Gasteiger partial charge >= 0.3 is 0 Å². The molecule has 1 aliphatic rings. The Morgan fingerprint density at radius 2 is 1.76 bits per heavy atom. The molecule has 0 heterocycles. The quantitative estimate of drug-likeness (QED) is 0.851. The van der Waals surface area contributed by atoms with Crippen LogP contribution in [0.15, 0.2) is 29.2 Å². The molecule has 0 aliphatic heterocycles. The molecule has 0 bridgehead atoms. The molecule has 2 rings (SSSR count). The van der Waals surface area contributed by atoms with E-state index in [1.807, 2.05) is 12.1 Å². The summed E-state index contributed by atoms with van der Waals surface area (Å²) < 4.78 is 26.3. The van der Waals surface area contributed by atoms with Crippen LogP contribution in [-0.4, -0.2) is 14.5 Å². The maximum absolute atomic E-state index is 11.9. The molecule has 0 aromatic heterocycles. The zero-order chi connectivity index (χ0) is 12.7. The number of nitrogens with one attached hydrogen (secondary N) is 1. The third-order valence-corrected chi connectivity index (χ3v) is 4.59. The lowest BCUT2D eigenvalue weighted by Gasteiger charge is -2.12. The lowest BCUT2D eigenvalue weighted by molar-refractivity contribution is 0.569. The van der Waals surface area contributed by atoms with Crippen LogP contribution in [-0.2, 0) is 15.6 Å². The highest BCUT2D eigenvalue weighted by Crippen LogP contribution is 2.42. The van der Waals surface area contributed by atoms with Crippen LogP contribution in [0.5, 0.6) is 0 Å². The lowest BCUT2D eigenvalue weighted by atomic mass is 10.1. The van der Waals surface area contributed by atoms with E-state index in [0.29, 0.717) is 4.90 Å². The standard InChI is InChI=1S/C12H18N2O2S/c1-9(2)14-17(15,16)11-5-3-10(4-6-11)12(13)7-8-12/h3-6,9,14H,7-8,13H2,1-2H3. The molecule has 1 fully saturated rings. The van der Waals surface area contributed by atoms with Crippen molar-refractivity contribution in [3.05, 3.63) is 29.8 Å².